The molecule has 0 unspecified atom stereocenters. The molecule has 2 aromatic rings. The normalized spacial score (nSPS) is 10.4. The first-order chi connectivity index (χ1) is 10.0. The monoisotopic (exact) mass is 287 g/mol. The average molecular weight is 287 g/mol. The third kappa shape index (κ3) is 3.34. The van der Waals surface area contributed by atoms with Crippen LogP contribution in [0.25, 0.3) is 0 Å². The van der Waals surface area contributed by atoms with Crippen LogP contribution in [-0.4, -0.2) is 26.3 Å². The number of rotatable bonds is 5. The van der Waals surface area contributed by atoms with E-state index in [4.69, 9.17) is 9.84 Å². The van der Waals surface area contributed by atoms with Crippen LogP contribution in [0.2, 0.25) is 0 Å². The van der Waals surface area contributed by atoms with Gasteiger partial charge in [-0.05, 0) is 43.5 Å². The van der Waals surface area contributed by atoms with Crippen LogP contribution in [-0.2, 0) is 12.8 Å². The Balaban J connectivity index is 2.26. The molecule has 0 fully saturated rings. The second kappa shape index (κ2) is 6.30. The van der Waals surface area contributed by atoms with Gasteiger partial charge in [-0.3, -0.25) is 0 Å². The zero-order chi connectivity index (χ0) is 15.4. The molecule has 0 aliphatic rings. The van der Waals surface area contributed by atoms with Gasteiger partial charge in [-0.1, -0.05) is 18.9 Å². The highest BCUT2D eigenvalue weighted by Crippen LogP contribution is 2.21. The molecule has 1 aromatic carbocycles. The van der Waals surface area contributed by atoms with Crippen LogP contribution >= 0.6 is 0 Å². The van der Waals surface area contributed by atoms with Gasteiger partial charge in [0, 0.05) is 0 Å². The van der Waals surface area contributed by atoms with E-state index in [1.807, 2.05) is 13.8 Å². The lowest BCUT2D eigenvalue weighted by Gasteiger charge is -2.08. The van der Waals surface area contributed by atoms with Gasteiger partial charge in [0.05, 0.1) is 17.0 Å². The van der Waals surface area contributed by atoms with Gasteiger partial charge in [-0.25, -0.2) is 4.79 Å². The zero-order valence-corrected chi connectivity index (χ0v) is 12.3. The number of hydrogen-bond donors (Lipinski definition) is 1. The van der Waals surface area contributed by atoms with Gasteiger partial charge >= 0.3 is 12.0 Å². The topological polar surface area (TPSA) is 85.2 Å². The minimum atomic E-state index is -0.961. The molecule has 0 saturated heterocycles. The predicted octanol–water partition coefficient (Wildman–Crippen LogP) is 2.80. The number of benzene rings is 1. The summed E-state index contributed by atoms with van der Waals surface area (Å²) in [4.78, 5) is 15.3. The van der Waals surface area contributed by atoms with Crippen molar-refractivity contribution in [1.29, 1.82) is 0 Å². The van der Waals surface area contributed by atoms with Crippen molar-refractivity contribution in [2.45, 2.75) is 33.6 Å². The maximum Gasteiger partial charge on any atom is 0.341 e. The molecule has 2 rings (SSSR count). The van der Waals surface area contributed by atoms with Crippen LogP contribution in [0, 0.1) is 6.92 Å². The first kappa shape index (κ1) is 14.9. The SMILES string of the molecule is CCc1nnc(Oc2ccc(C(=O)O)c(C)c2)nc1CC. The molecule has 0 atom stereocenters. The maximum absolute atomic E-state index is 11.0. The Morgan fingerprint density at radius 1 is 1.19 bits per heavy atom. The highest BCUT2D eigenvalue weighted by Gasteiger charge is 2.11. The number of ether oxygens (including phenoxy) is 1. The highest BCUT2D eigenvalue weighted by molar-refractivity contribution is 5.89. The molecule has 6 nitrogen and oxygen atoms in total. The van der Waals surface area contributed by atoms with E-state index in [2.05, 4.69) is 15.2 Å². The van der Waals surface area contributed by atoms with Crippen molar-refractivity contribution < 1.29 is 14.6 Å². The summed E-state index contributed by atoms with van der Waals surface area (Å²) in [6.45, 7) is 5.71. The molecule has 1 heterocycles. The van der Waals surface area contributed by atoms with E-state index in [9.17, 15) is 4.79 Å². The summed E-state index contributed by atoms with van der Waals surface area (Å²) in [6, 6.07) is 4.90. The van der Waals surface area contributed by atoms with Crippen LogP contribution in [0.1, 0.15) is 41.2 Å². The van der Waals surface area contributed by atoms with Gasteiger partial charge in [0.2, 0.25) is 0 Å². The summed E-state index contributed by atoms with van der Waals surface area (Å²) in [5, 5.41) is 17.0. The molecule has 0 aliphatic heterocycles. The predicted molar refractivity (Wildman–Crippen MR) is 76.8 cm³/mol. The second-order valence-electron chi connectivity index (χ2n) is 4.58. The molecule has 0 saturated carbocycles. The molecule has 0 aliphatic carbocycles. The third-order valence-electron chi connectivity index (χ3n) is 3.13. The smallest absolute Gasteiger partial charge is 0.341 e. The Morgan fingerprint density at radius 2 is 1.90 bits per heavy atom. The van der Waals surface area contributed by atoms with Crippen molar-refractivity contribution in [2.24, 2.45) is 0 Å². The fraction of sp³-hybridized carbons (Fsp3) is 0.333. The Labute approximate surface area is 122 Å². The minimum Gasteiger partial charge on any atom is -0.478 e. The Kier molecular flexibility index (Phi) is 4.47. The maximum atomic E-state index is 11.0. The first-order valence-corrected chi connectivity index (χ1v) is 6.79. The lowest BCUT2D eigenvalue weighted by Crippen LogP contribution is -2.05. The standard InChI is InChI=1S/C15H17N3O3/c1-4-12-13(5-2)17-18-15(16-12)21-10-6-7-11(14(19)20)9(3)8-10/h6-8H,4-5H2,1-3H3,(H,19,20). The Morgan fingerprint density at radius 3 is 2.48 bits per heavy atom. The van der Waals surface area contributed by atoms with E-state index in [0.717, 1.165) is 24.2 Å². The summed E-state index contributed by atoms with van der Waals surface area (Å²) in [7, 11) is 0. The fourth-order valence-corrected chi connectivity index (χ4v) is 2.01. The van der Waals surface area contributed by atoms with E-state index in [-0.39, 0.29) is 11.6 Å². The van der Waals surface area contributed by atoms with Crippen molar-refractivity contribution in [1.82, 2.24) is 15.2 Å². The van der Waals surface area contributed by atoms with E-state index in [0.29, 0.717) is 11.3 Å². The van der Waals surface area contributed by atoms with Crippen LogP contribution in [0.15, 0.2) is 18.2 Å². The van der Waals surface area contributed by atoms with Crippen LogP contribution < -0.4 is 4.74 Å². The number of nitrogens with zero attached hydrogens (tertiary/aromatic N) is 3. The Bertz CT molecular complexity index is 671. The number of carbonyl (C=O) groups is 1. The summed E-state index contributed by atoms with van der Waals surface area (Å²) < 4.78 is 5.56. The van der Waals surface area contributed by atoms with Gasteiger partial charge < -0.3 is 9.84 Å². The number of aryl methyl sites for hydroxylation is 3. The van der Waals surface area contributed by atoms with Gasteiger partial charge in [0.15, 0.2) is 0 Å². The molecule has 1 aromatic heterocycles. The summed E-state index contributed by atoms with van der Waals surface area (Å²) in [6.07, 6.45) is 1.53. The highest BCUT2D eigenvalue weighted by atomic mass is 16.5. The first-order valence-electron chi connectivity index (χ1n) is 6.79. The quantitative estimate of drug-likeness (QED) is 0.910. The summed E-state index contributed by atoms with van der Waals surface area (Å²) in [5.41, 5.74) is 2.59. The zero-order valence-electron chi connectivity index (χ0n) is 12.3. The van der Waals surface area contributed by atoms with Gasteiger partial charge in [-0.2, -0.15) is 4.98 Å². The fourth-order valence-electron chi connectivity index (χ4n) is 2.01. The number of aromatic nitrogens is 3. The van der Waals surface area contributed by atoms with Crippen molar-refractivity contribution in [3.8, 4) is 11.8 Å². The molecule has 0 bridgehead atoms. The van der Waals surface area contributed by atoms with Crippen molar-refractivity contribution in [3.63, 3.8) is 0 Å². The molecule has 6 heteroatoms. The van der Waals surface area contributed by atoms with Gasteiger partial charge in [-0.15, -0.1) is 5.10 Å². The molecule has 1 N–H and O–H groups in total. The molecule has 0 spiro atoms. The largest absolute Gasteiger partial charge is 0.478 e. The molecule has 21 heavy (non-hydrogen) atoms. The van der Waals surface area contributed by atoms with E-state index >= 15 is 0 Å². The molecule has 0 radical (unpaired) electrons. The molecular formula is C15H17N3O3. The number of carboxylic acids is 1. The van der Waals surface area contributed by atoms with Crippen molar-refractivity contribution in [2.75, 3.05) is 0 Å². The molecule has 110 valence electrons. The Hall–Kier alpha value is -2.50. The number of carboxylic acid groups (broad SMARTS) is 1. The number of hydrogen-bond acceptors (Lipinski definition) is 5. The van der Waals surface area contributed by atoms with E-state index in [1.54, 1.807) is 19.1 Å². The third-order valence-corrected chi connectivity index (χ3v) is 3.13. The summed E-state index contributed by atoms with van der Waals surface area (Å²) in [5.74, 6) is -0.469. The average Bonchev–Trinajstić information content (AvgIpc) is 2.46. The van der Waals surface area contributed by atoms with Gasteiger partial charge in [0.25, 0.3) is 0 Å². The van der Waals surface area contributed by atoms with Crippen LogP contribution in [0.5, 0.6) is 11.8 Å². The van der Waals surface area contributed by atoms with E-state index < -0.39 is 5.97 Å². The molecule has 0 amide bonds. The lowest BCUT2D eigenvalue weighted by atomic mass is 10.1. The minimum absolute atomic E-state index is 0.173. The van der Waals surface area contributed by atoms with Crippen LogP contribution in [0.4, 0.5) is 0 Å². The molecular weight excluding hydrogens is 270 g/mol. The van der Waals surface area contributed by atoms with E-state index in [1.165, 1.54) is 6.07 Å². The van der Waals surface area contributed by atoms with Crippen molar-refractivity contribution >= 4 is 5.97 Å². The van der Waals surface area contributed by atoms with Crippen LogP contribution in [0.3, 0.4) is 0 Å². The second-order valence-corrected chi connectivity index (χ2v) is 4.58. The summed E-state index contributed by atoms with van der Waals surface area (Å²) >= 11 is 0. The number of aromatic carboxylic acids is 1. The van der Waals surface area contributed by atoms with Crippen molar-refractivity contribution in [3.05, 3.63) is 40.7 Å². The van der Waals surface area contributed by atoms with Gasteiger partial charge in [0.1, 0.15) is 5.75 Å². The lowest BCUT2D eigenvalue weighted by molar-refractivity contribution is 0.0696.